The van der Waals surface area contributed by atoms with Gasteiger partial charge in [-0.25, -0.2) is 0 Å². The third kappa shape index (κ3) is 50.7. The third-order valence-electron chi connectivity index (χ3n) is 0. The van der Waals surface area contributed by atoms with Crippen LogP contribution in [0.3, 0.4) is 0 Å². The molecule has 26 valence electrons. The Morgan fingerprint density at radius 2 is 1.50 bits per heavy atom. The molecule has 0 saturated carbocycles. The summed E-state index contributed by atoms with van der Waals surface area (Å²) in [5.41, 5.74) is 0. The lowest BCUT2D eigenvalue weighted by molar-refractivity contribution is -1.20. The molecule has 0 unspecified atom stereocenters. The van der Waals surface area contributed by atoms with Crippen LogP contribution in [0.5, 0.6) is 0 Å². The molecule has 4 heteroatoms. The Bertz CT molecular complexity index is 8.00. The Morgan fingerprint density at radius 3 is 1.50 bits per heavy atom. The molecule has 0 spiro atoms. The highest BCUT2D eigenvalue weighted by Crippen LogP contribution is 0.898. The van der Waals surface area contributed by atoms with E-state index in [9.17, 15) is 0 Å². The second-order valence-corrected chi connectivity index (χ2v) is 0.283. The van der Waals surface area contributed by atoms with Crippen molar-refractivity contribution in [3.8, 4) is 0 Å². The molecule has 0 aliphatic heterocycles. The van der Waals surface area contributed by atoms with E-state index < -0.39 is 5.39 Å². The van der Waals surface area contributed by atoms with Crippen molar-refractivity contribution >= 4 is 0 Å². The minimum atomic E-state index is -1.83. The van der Waals surface area contributed by atoms with E-state index in [1.54, 1.807) is 0 Å². The average Bonchev–Trinajstić information content (AvgIpc) is 0.811. The summed E-state index contributed by atoms with van der Waals surface area (Å²) in [7, 11) is 0. The van der Waals surface area contributed by atoms with Crippen molar-refractivity contribution in [2.75, 3.05) is 0 Å². The first-order valence-electron chi connectivity index (χ1n) is 0.651. The van der Waals surface area contributed by atoms with E-state index in [0.717, 1.165) is 0 Å². The number of hydrogen-bond donors (Lipinski definition) is 3. The molecule has 3 N–H and O–H groups in total. The van der Waals surface area contributed by atoms with Gasteiger partial charge < -0.3 is 5.21 Å². The van der Waals surface area contributed by atoms with E-state index in [2.05, 4.69) is 0 Å². The lowest BCUT2D eigenvalue weighted by Crippen LogP contribution is -3.01. The van der Waals surface area contributed by atoms with Gasteiger partial charge in [-0.1, -0.05) is 5.39 Å². The predicted octanol–water partition coefficient (Wildman–Crippen LogP) is -1.85. The zero-order valence-electron chi connectivity index (χ0n) is 1.80. The topological polar surface area (TPSA) is 68.0 Å². The highest BCUT2D eigenvalue weighted by molar-refractivity contribution is 3.70. The molecular weight excluding hydrogens is 62.0 g/mol. The van der Waals surface area contributed by atoms with Gasteiger partial charge in [0.05, 0.1) is 0 Å². The van der Waals surface area contributed by atoms with Crippen LogP contribution in [0.1, 0.15) is 0 Å². The van der Waals surface area contributed by atoms with Crippen molar-refractivity contribution in [1.29, 1.82) is 0 Å². The van der Waals surface area contributed by atoms with Crippen LogP contribution in [0.4, 0.5) is 0 Å². The molecule has 0 heterocycles. The number of hydrogen-bond acceptors (Lipinski definition) is 3. The summed E-state index contributed by atoms with van der Waals surface area (Å²) in [5.74, 6) is 0. The molecule has 0 saturated heterocycles. The zero-order valence-corrected chi connectivity index (χ0v) is 1.80. The second-order valence-electron chi connectivity index (χ2n) is 0.283. The van der Waals surface area contributed by atoms with Gasteiger partial charge in [0.1, 0.15) is 0 Å². The first-order chi connectivity index (χ1) is 1.73. The van der Waals surface area contributed by atoms with E-state index in [4.69, 9.17) is 15.6 Å². The van der Waals surface area contributed by atoms with Gasteiger partial charge in [-0.05, 0) is 0 Å². The van der Waals surface area contributed by atoms with E-state index >= 15 is 0 Å². The fourth-order valence-electron chi connectivity index (χ4n) is 0. The molecule has 0 aliphatic carbocycles. The Balaban J connectivity index is 2.32. The van der Waals surface area contributed by atoms with Gasteiger partial charge in [0.2, 0.25) is 0 Å². The molecule has 0 aliphatic rings. The van der Waals surface area contributed by atoms with E-state index in [1.807, 2.05) is 0 Å². The van der Waals surface area contributed by atoms with Crippen molar-refractivity contribution in [2.45, 2.75) is 0 Å². The average molecular weight is 65.0 g/mol. The van der Waals surface area contributed by atoms with Crippen LogP contribution in [-0.2, 0) is 0 Å². The lowest BCUT2D eigenvalue weighted by atomic mass is 13.0. The molecule has 0 fully saturated rings. The minimum Gasteiger partial charge on any atom is -0.566 e. The maximum Gasteiger partial charge on any atom is -0.0863 e. The summed E-state index contributed by atoms with van der Waals surface area (Å²) in [6, 6.07) is 0. The molecule has 4 nitrogen and oxygen atoms in total. The molecule has 0 amide bonds. The van der Waals surface area contributed by atoms with E-state index in [-0.39, 0.29) is 0 Å². The third-order valence-corrected chi connectivity index (χ3v) is 0. The van der Waals surface area contributed by atoms with Gasteiger partial charge in [0, 0.05) is 0 Å². The van der Waals surface area contributed by atoms with E-state index in [1.165, 1.54) is 0 Å². The van der Waals surface area contributed by atoms with Crippen LogP contribution >= 0.6 is 0 Å². The summed E-state index contributed by atoms with van der Waals surface area (Å²) in [6.45, 7) is 0. The minimum absolute atomic E-state index is 1.83. The number of rotatable bonds is 0. The summed E-state index contributed by atoms with van der Waals surface area (Å²) in [5, 5.41) is 20.7. The molecule has 0 aromatic carbocycles. The molecule has 0 rings (SSSR count). The van der Waals surface area contributed by atoms with Gasteiger partial charge >= 0.3 is 0 Å². The van der Waals surface area contributed by atoms with Gasteiger partial charge in [0.25, 0.3) is 0 Å². The fourth-order valence-corrected chi connectivity index (χ4v) is 0. The summed E-state index contributed by atoms with van der Waals surface area (Å²) in [6.07, 6.45) is 0. The fraction of sp³-hybridized carbons (Fsp3) is 0. The first-order valence-corrected chi connectivity index (χ1v) is 0.651. The van der Waals surface area contributed by atoms with Gasteiger partial charge in [-0.3, -0.25) is 0 Å². The molecule has 4 heavy (non-hydrogen) atoms. The molecule has 0 aromatic heterocycles. The SMILES string of the molecule is [O-][NH+](O)O. The lowest BCUT2D eigenvalue weighted by Gasteiger charge is -1.94. The molecular formula is H3NO3. The monoisotopic (exact) mass is 65.0 g/mol. The first kappa shape index (κ1) is 3.84. The number of quaternary nitrogens is 1. The highest BCUT2D eigenvalue weighted by Gasteiger charge is 1.55. The number of nitrogens with one attached hydrogen (secondary N) is 1. The Labute approximate surface area is 22.4 Å². The smallest absolute Gasteiger partial charge is 0.0863 e. The summed E-state index contributed by atoms with van der Waals surface area (Å²) in [4.78, 5) is 0. The largest absolute Gasteiger partial charge is 0.566 e. The Morgan fingerprint density at radius 1 is 1.50 bits per heavy atom. The maximum absolute atomic E-state index is 8.56. The highest BCUT2D eigenvalue weighted by atomic mass is 17.0. The molecule has 0 aromatic rings. The zero-order chi connectivity index (χ0) is 3.58. The van der Waals surface area contributed by atoms with Gasteiger partial charge in [0.15, 0.2) is 0 Å². The van der Waals surface area contributed by atoms with Crippen molar-refractivity contribution < 1.29 is 15.8 Å². The summed E-state index contributed by atoms with van der Waals surface area (Å²) >= 11 is 0. The maximum atomic E-state index is 8.56. The Kier molecular flexibility index (Phi) is 1.14. The molecule has 0 radical (unpaired) electrons. The van der Waals surface area contributed by atoms with Crippen LogP contribution in [0.25, 0.3) is 0 Å². The normalized spacial score (nSPS) is 9.00. The predicted molar refractivity (Wildman–Crippen MR) is 7.90 cm³/mol. The standard InChI is InChI=1S/H3NO3/c2-1(3)4/h1-3H. The van der Waals surface area contributed by atoms with Crippen molar-refractivity contribution in [1.82, 2.24) is 0 Å². The Hall–Kier alpha value is -0.160. The van der Waals surface area contributed by atoms with Crippen LogP contribution in [0.2, 0.25) is 0 Å². The van der Waals surface area contributed by atoms with Gasteiger partial charge in [-0.15, -0.1) is 0 Å². The van der Waals surface area contributed by atoms with Crippen molar-refractivity contribution in [3.05, 3.63) is 5.21 Å². The second kappa shape index (κ2) is 1.19. The quantitative estimate of drug-likeness (QED) is 0.290. The molecule has 0 atom stereocenters. The van der Waals surface area contributed by atoms with E-state index in [0.29, 0.717) is 0 Å². The van der Waals surface area contributed by atoms with Crippen molar-refractivity contribution in [2.24, 2.45) is 0 Å². The molecule has 0 bridgehead atoms. The van der Waals surface area contributed by atoms with Crippen LogP contribution in [-0.4, -0.2) is 10.4 Å². The van der Waals surface area contributed by atoms with Gasteiger partial charge in [-0.2, -0.15) is 10.4 Å². The summed E-state index contributed by atoms with van der Waals surface area (Å²) < 4.78 is 0. The van der Waals surface area contributed by atoms with Crippen molar-refractivity contribution in [3.63, 3.8) is 0 Å². The van der Waals surface area contributed by atoms with Crippen LogP contribution < -0.4 is 5.39 Å². The van der Waals surface area contributed by atoms with Crippen LogP contribution in [0.15, 0.2) is 0 Å². The van der Waals surface area contributed by atoms with Crippen LogP contribution in [0, 0.1) is 5.21 Å².